The fraction of sp³-hybridized carbons (Fsp3) is 0.714. The standard InChI is InChI=1S/C7H15BO2/c1-3-4-5-6-7(2)8(9)10/h6,9-10H,3-5H2,1-2H3/b7-6+. The average Bonchev–Trinajstić information content (AvgIpc) is 1.88. The van der Waals surface area contributed by atoms with Crippen LogP contribution in [-0.4, -0.2) is 17.2 Å². The Bertz CT molecular complexity index is 110. The highest BCUT2D eigenvalue weighted by Gasteiger charge is 2.07. The quantitative estimate of drug-likeness (QED) is 0.456. The molecule has 0 spiro atoms. The lowest BCUT2D eigenvalue weighted by Crippen LogP contribution is -2.12. The van der Waals surface area contributed by atoms with Gasteiger partial charge < -0.3 is 10.0 Å². The zero-order chi connectivity index (χ0) is 7.98. The second kappa shape index (κ2) is 5.51. The Kier molecular flexibility index (Phi) is 5.35. The van der Waals surface area contributed by atoms with Crippen molar-refractivity contribution >= 4 is 7.12 Å². The molecular formula is C7H15BO2. The highest BCUT2D eigenvalue weighted by atomic mass is 16.4. The van der Waals surface area contributed by atoms with Gasteiger partial charge in [-0.1, -0.05) is 25.8 Å². The van der Waals surface area contributed by atoms with Gasteiger partial charge in [-0.3, -0.25) is 0 Å². The number of allylic oxidation sites excluding steroid dienone is 2. The van der Waals surface area contributed by atoms with Crippen molar-refractivity contribution in [3.8, 4) is 0 Å². The van der Waals surface area contributed by atoms with Crippen LogP contribution < -0.4 is 0 Å². The van der Waals surface area contributed by atoms with Crippen molar-refractivity contribution in [3.05, 3.63) is 11.5 Å². The third-order valence-electron chi connectivity index (χ3n) is 1.43. The molecule has 0 atom stereocenters. The molecule has 0 bridgehead atoms. The third kappa shape index (κ3) is 4.59. The number of hydrogen-bond donors (Lipinski definition) is 2. The lowest BCUT2D eigenvalue weighted by molar-refractivity contribution is 0.418. The smallest absolute Gasteiger partial charge is 0.423 e. The van der Waals surface area contributed by atoms with E-state index in [1.807, 2.05) is 6.08 Å². The second-order valence-corrected chi connectivity index (χ2v) is 2.46. The van der Waals surface area contributed by atoms with E-state index in [0.717, 1.165) is 19.3 Å². The molecular weight excluding hydrogens is 127 g/mol. The zero-order valence-electron chi connectivity index (χ0n) is 6.67. The predicted molar refractivity (Wildman–Crippen MR) is 43.5 cm³/mol. The second-order valence-electron chi connectivity index (χ2n) is 2.46. The number of unbranched alkanes of at least 4 members (excludes halogenated alkanes) is 2. The summed E-state index contributed by atoms with van der Waals surface area (Å²) in [5.41, 5.74) is 0.647. The van der Waals surface area contributed by atoms with Crippen LogP contribution in [0.3, 0.4) is 0 Å². The van der Waals surface area contributed by atoms with Crippen LogP contribution in [0.25, 0.3) is 0 Å². The van der Waals surface area contributed by atoms with Crippen molar-refractivity contribution in [2.24, 2.45) is 0 Å². The maximum absolute atomic E-state index is 8.61. The van der Waals surface area contributed by atoms with Gasteiger partial charge in [0.1, 0.15) is 0 Å². The summed E-state index contributed by atoms with van der Waals surface area (Å²) >= 11 is 0. The predicted octanol–water partition coefficient (Wildman–Crippen LogP) is 1.13. The van der Waals surface area contributed by atoms with Crippen molar-refractivity contribution in [2.75, 3.05) is 0 Å². The van der Waals surface area contributed by atoms with Crippen LogP contribution in [-0.2, 0) is 0 Å². The molecule has 0 heterocycles. The van der Waals surface area contributed by atoms with Gasteiger partial charge in [0.05, 0.1) is 0 Å². The molecule has 0 aromatic rings. The molecule has 58 valence electrons. The summed E-state index contributed by atoms with van der Waals surface area (Å²) in [7, 11) is -1.27. The number of rotatable bonds is 4. The molecule has 0 aliphatic carbocycles. The monoisotopic (exact) mass is 142 g/mol. The molecule has 2 N–H and O–H groups in total. The molecule has 0 aliphatic rings. The summed E-state index contributed by atoms with van der Waals surface area (Å²) in [6, 6.07) is 0. The third-order valence-corrected chi connectivity index (χ3v) is 1.43. The van der Waals surface area contributed by atoms with Gasteiger partial charge in [0, 0.05) is 0 Å². The maximum atomic E-state index is 8.61. The van der Waals surface area contributed by atoms with E-state index < -0.39 is 7.12 Å². The largest absolute Gasteiger partial charge is 0.483 e. The van der Waals surface area contributed by atoms with Gasteiger partial charge in [-0.2, -0.15) is 0 Å². The Balaban J connectivity index is 3.48. The normalized spacial score (nSPS) is 11.8. The topological polar surface area (TPSA) is 40.5 Å². The van der Waals surface area contributed by atoms with Crippen LogP contribution in [0.15, 0.2) is 11.5 Å². The molecule has 2 nitrogen and oxygen atoms in total. The minimum Gasteiger partial charge on any atom is -0.423 e. The SMILES string of the molecule is CCCC/C=C(\C)B(O)O. The molecule has 3 heteroatoms. The first kappa shape index (κ1) is 9.72. The van der Waals surface area contributed by atoms with Crippen molar-refractivity contribution in [2.45, 2.75) is 33.1 Å². The van der Waals surface area contributed by atoms with E-state index in [-0.39, 0.29) is 0 Å². The van der Waals surface area contributed by atoms with E-state index in [9.17, 15) is 0 Å². The molecule has 0 fully saturated rings. The molecule has 0 saturated heterocycles. The van der Waals surface area contributed by atoms with Crippen molar-refractivity contribution in [3.63, 3.8) is 0 Å². The van der Waals surface area contributed by atoms with Gasteiger partial charge in [-0.25, -0.2) is 0 Å². The summed E-state index contributed by atoms with van der Waals surface area (Å²) in [5, 5.41) is 17.2. The molecule has 0 amide bonds. The van der Waals surface area contributed by atoms with Gasteiger partial charge in [0.15, 0.2) is 0 Å². The molecule has 10 heavy (non-hydrogen) atoms. The minimum absolute atomic E-state index is 0.647. The van der Waals surface area contributed by atoms with Crippen LogP contribution >= 0.6 is 0 Å². The maximum Gasteiger partial charge on any atom is 0.483 e. The van der Waals surface area contributed by atoms with E-state index in [1.165, 1.54) is 0 Å². The Morgan fingerprint density at radius 1 is 1.50 bits per heavy atom. The van der Waals surface area contributed by atoms with Gasteiger partial charge in [-0.05, 0) is 18.8 Å². The molecule has 0 aliphatic heterocycles. The first-order chi connectivity index (χ1) is 4.68. The van der Waals surface area contributed by atoms with E-state index in [1.54, 1.807) is 6.92 Å². The summed E-state index contributed by atoms with van der Waals surface area (Å²) in [5.74, 6) is 0. The van der Waals surface area contributed by atoms with E-state index >= 15 is 0 Å². The Morgan fingerprint density at radius 3 is 2.50 bits per heavy atom. The fourth-order valence-electron chi connectivity index (χ4n) is 0.639. The van der Waals surface area contributed by atoms with Gasteiger partial charge >= 0.3 is 7.12 Å². The van der Waals surface area contributed by atoms with Crippen LogP contribution in [0.2, 0.25) is 0 Å². The first-order valence-corrected chi connectivity index (χ1v) is 3.71. The zero-order valence-corrected chi connectivity index (χ0v) is 6.67. The van der Waals surface area contributed by atoms with E-state index in [0.29, 0.717) is 5.47 Å². The molecule has 0 saturated carbocycles. The molecule has 0 aromatic carbocycles. The molecule has 0 radical (unpaired) electrons. The molecule has 0 unspecified atom stereocenters. The highest BCUT2D eigenvalue weighted by molar-refractivity contribution is 6.50. The fourth-order valence-corrected chi connectivity index (χ4v) is 0.639. The summed E-state index contributed by atoms with van der Waals surface area (Å²) in [6.07, 6.45) is 5.07. The van der Waals surface area contributed by atoms with Crippen molar-refractivity contribution in [1.29, 1.82) is 0 Å². The van der Waals surface area contributed by atoms with Gasteiger partial charge in [0.25, 0.3) is 0 Å². The molecule has 0 rings (SSSR count). The van der Waals surface area contributed by atoms with Crippen LogP contribution in [0, 0.1) is 0 Å². The Morgan fingerprint density at radius 2 is 2.10 bits per heavy atom. The first-order valence-electron chi connectivity index (χ1n) is 3.71. The van der Waals surface area contributed by atoms with Crippen LogP contribution in [0.4, 0.5) is 0 Å². The molecule has 0 aromatic heterocycles. The number of hydrogen-bond acceptors (Lipinski definition) is 2. The van der Waals surface area contributed by atoms with Gasteiger partial charge in [-0.15, -0.1) is 0 Å². The minimum atomic E-state index is -1.27. The Labute approximate surface area is 62.7 Å². The summed E-state index contributed by atoms with van der Waals surface area (Å²) in [4.78, 5) is 0. The average molecular weight is 142 g/mol. The van der Waals surface area contributed by atoms with E-state index in [4.69, 9.17) is 10.0 Å². The van der Waals surface area contributed by atoms with Crippen LogP contribution in [0.1, 0.15) is 33.1 Å². The van der Waals surface area contributed by atoms with Crippen LogP contribution in [0.5, 0.6) is 0 Å². The van der Waals surface area contributed by atoms with Crippen molar-refractivity contribution < 1.29 is 10.0 Å². The lowest BCUT2D eigenvalue weighted by Gasteiger charge is -1.96. The summed E-state index contributed by atoms with van der Waals surface area (Å²) < 4.78 is 0. The highest BCUT2D eigenvalue weighted by Crippen LogP contribution is 2.00. The van der Waals surface area contributed by atoms with E-state index in [2.05, 4.69) is 6.92 Å². The Hall–Kier alpha value is -0.275. The van der Waals surface area contributed by atoms with Gasteiger partial charge in [0.2, 0.25) is 0 Å². The lowest BCUT2D eigenvalue weighted by atomic mass is 9.80. The summed E-state index contributed by atoms with van der Waals surface area (Å²) in [6.45, 7) is 3.83. The van der Waals surface area contributed by atoms with Crippen molar-refractivity contribution in [1.82, 2.24) is 0 Å².